The second kappa shape index (κ2) is 5.69. The van der Waals surface area contributed by atoms with Crippen LogP contribution in [-0.4, -0.2) is 22.1 Å². The number of hydrogen-bond acceptors (Lipinski definition) is 4. The van der Waals surface area contributed by atoms with Gasteiger partial charge in [0.1, 0.15) is 5.75 Å². The summed E-state index contributed by atoms with van der Waals surface area (Å²) in [5.74, 6) is 0.140. The molecule has 0 saturated heterocycles. The van der Waals surface area contributed by atoms with E-state index in [0.717, 1.165) is 4.90 Å². The van der Waals surface area contributed by atoms with Gasteiger partial charge in [-0.1, -0.05) is 0 Å². The largest absolute Gasteiger partial charge is 0.508 e. The molecule has 1 heterocycles. The van der Waals surface area contributed by atoms with Crippen molar-refractivity contribution < 1.29 is 9.90 Å². The van der Waals surface area contributed by atoms with E-state index in [-0.39, 0.29) is 18.0 Å². The number of pyridine rings is 1. The number of phenolic OH excluding ortho intramolecular Hbond substituents is 1. The lowest BCUT2D eigenvalue weighted by molar-refractivity contribution is 0.0992. The molecule has 0 aliphatic heterocycles. The molecule has 0 aliphatic rings. The number of aromatic hydroxyl groups is 1. The molecule has 92 valence electrons. The van der Waals surface area contributed by atoms with Gasteiger partial charge in [0.25, 0.3) is 0 Å². The number of rotatable bonds is 4. The number of hydrogen-bond donors (Lipinski definition) is 1. The topological polar surface area (TPSA) is 50.2 Å². The van der Waals surface area contributed by atoms with Crippen LogP contribution in [0, 0.1) is 0 Å². The quantitative estimate of drug-likeness (QED) is 0.677. The van der Waals surface area contributed by atoms with Crippen molar-refractivity contribution in [2.75, 3.05) is 6.26 Å². The SMILES string of the molecule is CSc1ccc(O)c(CC(=O)c2ccncc2)c1. The minimum Gasteiger partial charge on any atom is -0.508 e. The number of aromatic nitrogens is 1. The van der Waals surface area contributed by atoms with Gasteiger partial charge in [-0.2, -0.15) is 0 Å². The van der Waals surface area contributed by atoms with Gasteiger partial charge in [0.05, 0.1) is 0 Å². The average molecular weight is 259 g/mol. The highest BCUT2D eigenvalue weighted by molar-refractivity contribution is 7.98. The molecule has 1 N–H and O–H groups in total. The maximum atomic E-state index is 12.0. The fourth-order valence-corrected chi connectivity index (χ4v) is 2.11. The van der Waals surface area contributed by atoms with Crippen molar-refractivity contribution in [3.05, 3.63) is 53.9 Å². The van der Waals surface area contributed by atoms with Gasteiger partial charge in [-0.3, -0.25) is 9.78 Å². The van der Waals surface area contributed by atoms with E-state index in [4.69, 9.17) is 0 Å². The third kappa shape index (κ3) is 2.90. The molecule has 0 fully saturated rings. The highest BCUT2D eigenvalue weighted by atomic mass is 32.2. The lowest BCUT2D eigenvalue weighted by Gasteiger charge is -2.06. The number of ketones is 1. The van der Waals surface area contributed by atoms with Crippen LogP contribution in [0.25, 0.3) is 0 Å². The van der Waals surface area contributed by atoms with Gasteiger partial charge in [-0.15, -0.1) is 11.8 Å². The van der Waals surface area contributed by atoms with Crippen LogP contribution in [0.15, 0.2) is 47.6 Å². The van der Waals surface area contributed by atoms with E-state index in [2.05, 4.69) is 4.98 Å². The van der Waals surface area contributed by atoms with Crippen molar-refractivity contribution in [2.24, 2.45) is 0 Å². The second-order valence-electron chi connectivity index (χ2n) is 3.83. The Balaban J connectivity index is 2.21. The number of phenols is 1. The first-order valence-corrected chi connectivity index (χ1v) is 6.72. The highest BCUT2D eigenvalue weighted by Crippen LogP contribution is 2.24. The van der Waals surface area contributed by atoms with E-state index in [9.17, 15) is 9.90 Å². The molecule has 0 saturated carbocycles. The zero-order valence-electron chi connectivity index (χ0n) is 9.96. The van der Waals surface area contributed by atoms with Gasteiger partial charge in [-0.05, 0) is 36.6 Å². The van der Waals surface area contributed by atoms with Crippen LogP contribution in [0.1, 0.15) is 15.9 Å². The molecule has 0 unspecified atom stereocenters. The van der Waals surface area contributed by atoms with E-state index in [1.807, 2.05) is 18.4 Å². The van der Waals surface area contributed by atoms with Crippen molar-refractivity contribution in [3.63, 3.8) is 0 Å². The van der Waals surface area contributed by atoms with Crippen LogP contribution in [0.5, 0.6) is 5.75 Å². The third-order valence-electron chi connectivity index (χ3n) is 2.64. The zero-order valence-corrected chi connectivity index (χ0v) is 10.8. The summed E-state index contributed by atoms with van der Waals surface area (Å²) in [6.07, 6.45) is 5.34. The molecule has 2 rings (SSSR count). The van der Waals surface area contributed by atoms with Crippen molar-refractivity contribution in [1.29, 1.82) is 0 Å². The van der Waals surface area contributed by atoms with Crippen LogP contribution >= 0.6 is 11.8 Å². The molecule has 1 aromatic carbocycles. The van der Waals surface area contributed by atoms with Crippen LogP contribution in [0.2, 0.25) is 0 Å². The van der Waals surface area contributed by atoms with Gasteiger partial charge in [0.15, 0.2) is 5.78 Å². The normalized spacial score (nSPS) is 10.3. The van der Waals surface area contributed by atoms with Gasteiger partial charge < -0.3 is 5.11 Å². The fraction of sp³-hybridized carbons (Fsp3) is 0.143. The fourth-order valence-electron chi connectivity index (χ4n) is 1.64. The molecule has 1 aromatic heterocycles. The van der Waals surface area contributed by atoms with Crippen molar-refractivity contribution >= 4 is 17.5 Å². The van der Waals surface area contributed by atoms with Crippen molar-refractivity contribution in [3.8, 4) is 5.75 Å². The summed E-state index contributed by atoms with van der Waals surface area (Å²) >= 11 is 1.58. The molecule has 0 aliphatic carbocycles. The zero-order chi connectivity index (χ0) is 13.0. The Morgan fingerprint density at radius 3 is 2.67 bits per heavy atom. The maximum Gasteiger partial charge on any atom is 0.167 e. The Morgan fingerprint density at radius 2 is 2.00 bits per heavy atom. The van der Waals surface area contributed by atoms with Crippen molar-refractivity contribution in [1.82, 2.24) is 4.98 Å². The predicted octanol–water partition coefficient (Wildman–Crippen LogP) is 2.93. The molecular formula is C14H13NO2S. The smallest absolute Gasteiger partial charge is 0.167 e. The maximum absolute atomic E-state index is 12.0. The first kappa shape index (κ1) is 12.6. The third-order valence-corrected chi connectivity index (χ3v) is 3.37. The predicted molar refractivity (Wildman–Crippen MR) is 72.2 cm³/mol. The minimum atomic E-state index is -0.0223. The lowest BCUT2D eigenvalue weighted by Crippen LogP contribution is -2.03. The minimum absolute atomic E-state index is 0.0223. The lowest BCUT2D eigenvalue weighted by atomic mass is 10.0. The average Bonchev–Trinajstić information content (AvgIpc) is 2.42. The molecule has 0 amide bonds. The molecule has 4 heteroatoms. The summed E-state index contributed by atoms with van der Waals surface area (Å²) in [6, 6.07) is 8.66. The number of Topliss-reactive ketones (excluding diaryl/α,β-unsaturated/α-hetero) is 1. The Bertz CT molecular complexity index is 555. The van der Waals surface area contributed by atoms with Crippen molar-refractivity contribution in [2.45, 2.75) is 11.3 Å². The summed E-state index contributed by atoms with van der Waals surface area (Å²) < 4.78 is 0. The van der Waals surface area contributed by atoms with Crippen LogP contribution in [0.4, 0.5) is 0 Å². The molecule has 2 aromatic rings. The Morgan fingerprint density at radius 1 is 1.28 bits per heavy atom. The summed E-state index contributed by atoms with van der Waals surface area (Å²) in [5, 5.41) is 9.75. The van der Waals surface area contributed by atoms with Crippen LogP contribution in [-0.2, 0) is 6.42 Å². The number of nitrogens with zero attached hydrogens (tertiary/aromatic N) is 1. The molecule has 18 heavy (non-hydrogen) atoms. The number of carbonyl (C=O) groups excluding carboxylic acids is 1. The van der Waals surface area contributed by atoms with E-state index in [1.165, 1.54) is 0 Å². The first-order valence-electron chi connectivity index (χ1n) is 5.50. The molecule has 0 atom stereocenters. The van der Waals surface area contributed by atoms with E-state index in [0.29, 0.717) is 11.1 Å². The Labute approximate surface area is 110 Å². The van der Waals surface area contributed by atoms with Gasteiger partial charge >= 0.3 is 0 Å². The van der Waals surface area contributed by atoms with Gasteiger partial charge in [0, 0.05) is 34.8 Å². The number of carbonyl (C=O) groups is 1. The standard InChI is InChI=1S/C14H13NO2S/c1-18-12-2-3-13(16)11(8-12)9-14(17)10-4-6-15-7-5-10/h2-8,16H,9H2,1H3. The van der Waals surface area contributed by atoms with Crippen LogP contribution in [0.3, 0.4) is 0 Å². The Hall–Kier alpha value is -1.81. The molecule has 0 radical (unpaired) electrons. The molecule has 3 nitrogen and oxygen atoms in total. The monoisotopic (exact) mass is 259 g/mol. The van der Waals surface area contributed by atoms with Crippen LogP contribution < -0.4 is 0 Å². The summed E-state index contributed by atoms with van der Waals surface area (Å²) in [6.45, 7) is 0. The molecule has 0 spiro atoms. The van der Waals surface area contributed by atoms with E-state index >= 15 is 0 Å². The molecular weight excluding hydrogens is 246 g/mol. The van der Waals surface area contributed by atoms with Gasteiger partial charge in [0.2, 0.25) is 0 Å². The summed E-state index contributed by atoms with van der Waals surface area (Å²) in [7, 11) is 0. The highest BCUT2D eigenvalue weighted by Gasteiger charge is 2.10. The second-order valence-corrected chi connectivity index (χ2v) is 4.71. The summed E-state index contributed by atoms with van der Waals surface area (Å²) in [5.41, 5.74) is 1.27. The number of benzene rings is 1. The first-order chi connectivity index (χ1) is 8.70. The Kier molecular flexibility index (Phi) is 3.99. The molecule has 0 bridgehead atoms. The summed E-state index contributed by atoms with van der Waals surface area (Å²) in [4.78, 5) is 16.9. The van der Waals surface area contributed by atoms with Gasteiger partial charge in [-0.25, -0.2) is 0 Å². The number of thioether (sulfide) groups is 1. The van der Waals surface area contributed by atoms with E-state index in [1.54, 1.807) is 42.4 Å². The van der Waals surface area contributed by atoms with E-state index < -0.39 is 0 Å².